The largest absolute Gasteiger partial charge is 0.430 e. The average Bonchev–Trinajstić information content (AvgIpc) is 2.79. The Morgan fingerprint density at radius 1 is 1.39 bits per heavy atom. The molecule has 0 aliphatic rings. The molecule has 1 heterocycles. The highest BCUT2D eigenvalue weighted by molar-refractivity contribution is 9.10. The Hall–Kier alpha value is -0.980. The van der Waals surface area contributed by atoms with E-state index in [-0.39, 0.29) is 0 Å². The van der Waals surface area contributed by atoms with Gasteiger partial charge in [0.2, 0.25) is 0 Å². The van der Waals surface area contributed by atoms with Gasteiger partial charge in [0.25, 0.3) is 5.19 Å². The molecule has 0 aliphatic carbocycles. The molecule has 0 aliphatic heterocycles. The van der Waals surface area contributed by atoms with Crippen molar-refractivity contribution in [1.82, 2.24) is 15.5 Å². The van der Waals surface area contributed by atoms with Gasteiger partial charge in [-0.3, -0.25) is 0 Å². The summed E-state index contributed by atoms with van der Waals surface area (Å²) in [4.78, 5) is 0. The number of nitrogens with one attached hydrogen (secondary N) is 1. The predicted molar refractivity (Wildman–Crippen MR) is 76.2 cm³/mol. The van der Waals surface area contributed by atoms with E-state index in [0.29, 0.717) is 5.19 Å². The van der Waals surface area contributed by atoms with Crippen molar-refractivity contribution in [3.8, 4) is 10.9 Å². The van der Waals surface area contributed by atoms with Crippen LogP contribution < -0.4 is 10.1 Å². The highest BCUT2D eigenvalue weighted by Crippen LogP contribution is 2.28. The van der Waals surface area contributed by atoms with Gasteiger partial charge in [-0.1, -0.05) is 39.3 Å². The maximum Gasteiger partial charge on any atom is 0.299 e. The van der Waals surface area contributed by atoms with Gasteiger partial charge in [0.05, 0.1) is 0 Å². The lowest BCUT2D eigenvalue weighted by Crippen LogP contribution is -2.11. The van der Waals surface area contributed by atoms with Crippen molar-refractivity contribution in [2.45, 2.75) is 20.4 Å². The van der Waals surface area contributed by atoms with Crippen molar-refractivity contribution in [1.29, 1.82) is 0 Å². The molecule has 0 bridgehead atoms. The summed E-state index contributed by atoms with van der Waals surface area (Å²) in [7, 11) is 0. The van der Waals surface area contributed by atoms with Gasteiger partial charge >= 0.3 is 0 Å². The lowest BCUT2D eigenvalue weighted by Gasteiger charge is -2.03. The van der Waals surface area contributed by atoms with Crippen molar-refractivity contribution >= 4 is 27.3 Å². The second-order valence-corrected chi connectivity index (χ2v) is 5.63. The van der Waals surface area contributed by atoms with Crippen LogP contribution in [0.15, 0.2) is 22.7 Å². The highest BCUT2D eigenvalue weighted by Gasteiger charge is 2.06. The Morgan fingerprint density at radius 3 is 2.94 bits per heavy atom. The first-order valence-corrected chi connectivity index (χ1v) is 7.27. The smallest absolute Gasteiger partial charge is 0.299 e. The van der Waals surface area contributed by atoms with Crippen molar-refractivity contribution in [2.75, 3.05) is 6.54 Å². The van der Waals surface area contributed by atoms with Gasteiger partial charge in [0, 0.05) is 11.0 Å². The highest BCUT2D eigenvalue weighted by atomic mass is 79.9. The lowest BCUT2D eigenvalue weighted by molar-refractivity contribution is 0.472. The molecule has 0 unspecified atom stereocenters. The number of rotatable bonds is 5. The average molecular weight is 328 g/mol. The third-order valence-corrected chi connectivity index (χ3v) is 4.00. The van der Waals surface area contributed by atoms with E-state index in [2.05, 4.69) is 38.4 Å². The molecule has 4 nitrogen and oxygen atoms in total. The summed E-state index contributed by atoms with van der Waals surface area (Å²) in [5, 5.41) is 12.8. The van der Waals surface area contributed by atoms with Crippen LogP contribution in [0, 0.1) is 6.92 Å². The molecular formula is C12H14BrN3OS. The van der Waals surface area contributed by atoms with Crippen molar-refractivity contribution in [3.05, 3.63) is 33.2 Å². The molecular weight excluding hydrogens is 314 g/mol. The summed E-state index contributed by atoms with van der Waals surface area (Å²) in [5.74, 6) is 0.779. The van der Waals surface area contributed by atoms with Gasteiger partial charge in [0.1, 0.15) is 10.8 Å². The molecule has 0 fully saturated rings. The summed E-state index contributed by atoms with van der Waals surface area (Å²) < 4.78 is 6.74. The van der Waals surface area contributed by atoms with Gasteiger partial charge < -0.3 is 10.1 Å². The van der Waals surface area contributed by atoms with E-state index >= 15 is 0 Å². The minimum atomic E-state index is 0.574. The second kappa shape index (κ2) is 6.26. The van der Waals surface area contributed by atoms with Gasteiger partial charge in [-0.2, -0.15) is 0 Å². The molecule has 1 N–H and O–H groups in total. The van der Waals surface area contributed by atoms with E-state index in [9.17, 15) is 0 Å². The monoisotopic (exact) mass is 327 g/mol. The van der Waals surface area contributed by atoms with Gasteiger partial charge in [-0.05, 0) is 37.2 Å². The fourth-order valence-corrected chi connectivity index (χ4v) is 2.29. The van der Waals surface area contributed by atoms with Crippen LogP contribution in [-0.4, -0.2) is 16.7 Å². The van der Waals surface area contributed by atoms with E-state index < -0.39 is 0 Å². The Morgan fingerprint density at radius 2 is 2.22 bits per heavy atom. The minimum Gasteiger partial charge on any atom is -0.430 e. The number of aryl methyl sites for hydroxylation is 1. The molecule has 1 aromatic heterocycles. The van der Waals surface area contributed by atoms with Crippen molar-refractivity contribution in [2.24, 2.45) is 0 Å². The Kier molecular flexibility index (Phi) is 4.68. The SMILES string of the molecule is CCNCc1nnc(Oc2ccc(Br)c(C)c2)s1. The Bertz CT molecular complexity index is 530. The first-order chi connectivity index (χ1) is 8.69. The molecule has 2 aromatic rings. The zero-order valence-corrected chi connectivity index (χ0v) is 12.6. The molecule has 2 rings (SSSR count). The Labute approximate surface area is 119 Å². The number of ether oxygens (including phenoxy) is 1. The van der Waals surface area contributed by atoms with Gasteiger partial charge in [-0.15, -0.1) is 5.10 Å². The predicted octanol–water partition coefficient (Wildman–Crippen LogP) is 3.51. The normalized spacial score (nSPS) is 10.6. The molecule has 0 amide bonds. The van der Waals surface area contributed by atoms with E-state index in [0.717, 1.165) is 33.9 Å². The number of benzene rings is 1. The number of nitrogens with zero attached hydrogens (tertiary/aromatic N) is 2. The first kappa shape index (κ1) is 13.5. The molecule has 0 saturated heterocycles. The molecule has 1 aromatic carbocycles. The Balaban J connectivity index is 2.04. The molecule has 0 atom stereocenters. The number of hydrogen-bond acceptors (Lipinski definition) is 5. The molecule has 96 valence electrons. The molecule has 0 saturated carbocycles. The minimum absolute atomic E-state index is 0.574. The van der Waals surface area contributed by atoms with Crippen LogP contribution >= 0.6 is 27.3 Å². The van der Waals surface area contributed by atoms with E-state index in [1.54, 1.807) is 0 Å². The summed E-state index contributed by atoms with van der Waals surface area (Å²) in [6.07, 6.45) is 0. The van der Waals surface area contributed by atoms with E-state index in [1.165, 1.54) is 11.3 Å². The summed E-state index contributed by atoms with van der Waals surface area (Å²) in [6, 6.07) is 5.84. The third kappa shape index (κ3) is 3.51. The van der Waals surface area contributed by atoms with Gasteiger partial charge in [-0.25, -0.2) is 0 Å². The summed E-state index contributed by atoms with van der Waals surface area (Å²) in [5.41, 5.74) is 1.13. The molecule has 0 radical (unpaired) electrons. The first-order valence-electron chi connectivity index (χ1n) is 5.66. The van der Waals surface area contributed by atoms with Crippen molar-refractivity contribution in [3.63, 3.8) is 0 Å². The molecule has 6 heteroatoms. The third-order valence-electron chi connectivity index (χ3n) is 2.31. The van der Waals surface area contributed by atoms with Crippen LogP contribution in [0.2, 0.25) is 0 Å². The van der Waals surface area contributed by atoms with Crippen LogP contribution in [-0.2, 0) is 6.54 Å². The fourth-order valence-electron chi connectivity index (χ4n) is 1.36. The van der Waals surface area contributed by atoms with Crippen LogP contribution in [0.5, 0.6) is 10.9 Å². The standard InChI is InChI=1S/C12H14BrN3OS/c1-3-14-7-11-15-16-12(18-11)17-9-4-5-10(13)8(2)6-9/h4-6,14H,3,7H2,1-2H3. The maximum absolute atomic E-state index is 5.67. The molecule has 0 spiro atoms. The van der Waals surface area contributed by atoms with Crippen LogP contribution in [0.1, 0.15) is 17.5 Å². The van der Waals surface area contributed by atoms with Crippen molar-refractivity contribution < 1.29 is 4.74 Å². The van der Waals surface area contributed by atoms with Crippen LogP contribution in [0.25, 0.3) is 0 Å². The number of hydrogen-bond donors (Lipinski definition) is 1. The van der Waals surface area contributed by atoms with E-state index in [1.807, 2.05) is 25.1 Å². The fraction of sp³-hybridized carbons (Fsp3) is 0.333. The zero-order valence-electron chi connectivity index (χ0n) is 10.2. The lowest BCUT2D eigenvalue weighted by atomic mass is 10.2. The second-order valence-electron chi connectivity index (χ2n) is 3.76. The summed E-state index contributed by atoms with van der Waals surface area (Å²) in [6.45, 7) is 5.73. The van der Waals surface area contributed by atoms with Crippen LogP contribution in [0.4, 0.5) is 0 Å². The number of aromatic nitrogens is 2. The quantitative estimate of drug-likeness (QED) is 0.912. The van der Waals surface area contributed by atoms with E-state index in [4.69, 9.17) is 4.74 Å². The zero-order chi connectivity index (χ0) is 13.0. The molecule has 18 heavy (non-hydrogen) atoms. The topological polar surface area (TPSA) is 47.0 Å². The maximum atomic E-state index is 5.67. The van der Waals surface area contributed by atoms with Gasteiger partial charge in [0.15, 0.2) is 0 Å². The van der Waals surface area contributed by atoms with Crippen LogP contribution in [0.3, 0.4) is 0 Å². The summed E-state index contributed by atoms with van der Waals surface area (Å²) >= 11 is 4.92. The number of halogens is 1.